The van der Waals surface area contributed by atoms with Crippen molar-refractivity contribution in [1.29, 1.82) is 0 Å². The second-order valence-electron chi connectivity index (χ2n) is 8.96. The van der Waals surface area contributed by atoms with Crippen LogP contribution in [0.3, 0.4) is 0 Å². The van der Waals surface area contributed by atoms with Crippen molar-refractivity contribution in [3.63, 3.8) is 0 Å². The lowest BCUT2D eigenvalue weighted by molar-refractivity contribution is -0.124. The number of anilines is 4. The number of imide groups is 1. The third-order valence-corrected chi connectivity index (χ3v) is 6.02. The summed E-state index contributed by atoms with van der Waals surface area (Å²) in [6.07, 6.45) is 11.1. The van der Waals surface area contributed by atoms with Crippen molar-refractivity contribution in [3.8, 4) is 0 Å². The summed E-state index contributed by atoms with van der Waals surface area (Å²) in [6, 6.07) is 12.5. The van der Waals surface area contributed by atoms with Crippen LogP contribution in [0.25, 0.3) is 11.7 Å². The molecule has 0 unspecified atom stereocenters. The van der Waals surface area contributed by atoms with E-state index in [2.05, 4.69) is 43.5 Å². The van der Waals surface area contributed by atoms with E-state index in [4.69, 9.17) is 4.98 Å². The molecule has 0 atom stereocenters. The number of carbonyl (C=O) groups excluding carboxylic acids is 2. The molecule has 2 aliphatic rings. The van der Waals surface area contributed by atoms with Gasteiger partial charge in [0.25, 0.3) is 5.91 Å². The van der Waals surface area contributed by atoms with E-state index in [9.17, 15) is 9.59 Å². The normalized spacial score (nSPS) is 16.4. The standard InChI is InChI=1S/C26H24N8O2/c35-24-10-17(26(36)33-24)9-18-15-29-34-8-5-23(32-25(18)34)31-22-12-20(11-21(13-22)30-19-1-2-19)28-14-16-3-6-27-7-4-16/h3-9,11-13,15,19,28,30H,1-2,10,14H2,(H,31,32)(H,33,35,36)/b17-9-. The maximum atomic E-state index is 12.0. The lowest BCUT2D eigenvalue weighted by Crippen LogP contribution is -2.19. The Kier molecular flexibility index (Phi) is 5.53. The number of nitrogens with zero attached hydrogens (tertiary/aromatic N) is 4. The van der Waals surface area contributed by atoms with Gasteiger partial charge in [-0.25, -0.2) is 9.50 Å². The zero-order valence-electron chi connectivity index (χ0n) is 19.4. The minimum Gasteiger partial charge on any atom is -0.382 e. The number of hydrogen-bond acceptors (Lipinski definition) is 8. The summed E-state index contributed by atoms with van der Waals surface area (Å²) < 4.78 is 1.64. The largest absolute Gasteiger partial charge is 0.382 e. The average molecular weight is 481 g/mol. The highest BCUT2D eigenvalue weighted by atomic mass is 16.2. The van der Waals surface area contributed by atoms with Gasteiger partial charge in [-0.05, 0) is 60.9 Å². The van der Waals surface area contributed by atoms with Gasteiger partial charge in [-0.1, -0.05) is 0 Å². The molecule has 1 aliphatic carbocycles. The molecule has 10 nitrogen and oxygen atoms in total. The summed E-state index contributed by atoms with van der Waals surface area (Å²) in [6.45, 7) is 0.684. The predicted octanol–water partition coefficient (Wildman–Crippen LogP) is 3.48. The fourth-order valence-electron chi connectivity index (χ4n) is 4.07. The van der Waals surface area contributed by atoms with E-state index in [0.717, 1.165) is 22.6 Å². The predicted molar refractivity (Wildman–Crippen MR) is 137 cm³/mol. The molecule has 6 rings (SSSR count). The number of fused-ring (bicyclic) bond motifs is 1. The maximum absolute atomic E-state index is 12.0. The Morgan fingerprint density at radius 3 is 2.64 bits per heavy atom. The van der Waals surface area contributed by atoms with Crippen LogP contribution in [0, 0.1) is 0 Å². The van der Waals surface area contributed by atoms with Crippen LogP contribution in [-0.2, 0) is 16.1 Å². The summed E-state index contributed by atoms with van der Waals surface area (Å²) in [4.78, 5) is 32.3. The number of hydrogen-bond donors (Lipinski definition) is 4. The van der Waals surface area contributed by atoms with Crippen LogP contribution in [0.4, 0.5) is 22.9 Å². The van der Waals surface area contributed by atoms with Gasteiger partial charge in [-0.3, -0.25) is 19.9 Å². The molecule has 36 heavy (non-hydrogen) atoms. The van der Waals surface area contributed by atoms with Gasteiger partial charge in [-0.15, -0.1) is 0 Å². The first-order valence-electron chi connectivity index (χ1n) is 11.8. The van der Waals surface area contributed by atoms with Crippen LogP contribution in [0.1, 0.15) is 30.4 Å². The Bertz CT molecular complexity index is 1490. The Hall–Kier alpha value is -4.73. The van der Waals surface area contributed by atoms with Crippen LogP contribution < -0.4 is 21.3 Å². The quantitative estimate of drug-likeness (QED) is 0.223. The first kappa shape index (κ1) is 21.8. The van der Waals surface area contributed by atoms with Gasteiger partial charge >= 0.3 is 0 Å². The van der Waals surface area contributed by atoms with E-state index in [1.165, 1.54) is 12.8 Å². The SMILES string of the molecule is O=C1C/C(=C/c2cnn3ccc(Nc4cc(NCc5ccncc5)cc(NC5CC5)c4)nc23)C(=O)N1. The number of aromatic nitrogens is 4. The molecule has 2 amide bonds. The van der Waals surface area contributed by atoms with Crippen molar-refractivity contribution in [2.24, 2.45) is 0 Å². The first-order chi connectivity index (χ1) is 17.6. The Morgan fingerprint density at radius 2 is 1.86 bits per heavy atom. The minimum absolute atomic E-state index is 0.0597. The molecule has 0 spiro atoms. The van der Waals surface area contributed by atoms with E-state index < -0.39 is 0 Å². The molecule has 0 bridgehead atoms. The van der Waals surface area contributed by atoms with E-state index in [1.807, 2.05) is 24.3 Å². The zero-order chi connectivity index (χ0) is 24.5. The number of rotatable bonds is 8. The molecule has 180 valence electrons. The molecule has 1 saturated heterocycles. The van der Waals surface area contributed by atoms with E-state index in [0.29, 0.717) is 35.2 Å². The van der Waals surface area contributed by atoms with Crippen LogP contribution in [-0.4, -0.2) is 37.4 Å². The van der Waals surface area contributed by atoms with Gasteiger partial charge in [0, 0.05) is 59.4 Å². The highest BCUT2D eigenvalue weighted by molar-refractivity contribution is 6.15. The maximum Gasteiger partial charge on any atom is 0.254 e. The van der Waals surface area contributed by atoms with Crippen molar-refractivity contribution in [2.75, 3.05) is 16.0 Å². The first-order valence-corrected chi connectivity index (χ1v) is 11.8. The molecule has 0 radical (unpaired) electrons. The highest BCUT2D eigenvalue weighted by Gasteiger charge is 2.24. The average Bonchev–Trinajstić information content (AvgIpc) is 3.51. The Labute approximate surface area is 206 Å². The van der Waals surface area contributed by atoms with Crippen molar-refractivity contribution >= 4 is 46.4 Å². The van der Waals surface area contributed by atoms with E-state index in [-0.39, 0.29) is 18.2 Å². The van der Waals surface area contributed by atoms with E-state index >= 15 is 0 Å². The van der Waals surface area contributed by atoms with Crippen LogP contribution in [0.2, 0.25) is 0 Å². The molecule has 10 heteroatoms. The summed E-state index contributed by atoms with van der Waals surface area (Å²) in [7, 11) is 0. The third kappa shape index (κ3) is 4.88. The van der Waals surface area contributed by atoms with Gasteiger partial charge < -0.3 is 16.0 Å². The molecule has 3 aromatic heterocycles. The van der Waals surface area contributed by atoms with Crippen LogP contribution in [0.15, 0.2) is 66.8 Å². The summed E-state index contributed by atoms with van der Waals surface area (Å²) in [5, 5.41) is 17.1. The van der Waals surface area contributed by atoms with Crippen molar-refractivity contribution in [3.05, 3.63) is 77.9 Å². The van der Waals surface area contributed by atoms with E-state index in [1.54, 1.807) is 35.4 Å². The molecule has 4 aromatic rings. The van der Waals surface area contributed by atoms with Crippen molar-refractivity contribution in [1.82, 2.24) is 24.9 Å². The molecule has 4 heterocycles. The molecular formula is C26H24N8O2. The Morgan fingerprint density at radius 1 is 1.06 bits per heavy atom. The molecular weight excluding hydrogens is 456 g/mol. The summed E-state index contributed by atoms with van der Waals surface area (Å²) in [5.41, 5.74) is 5.70. The summed E-state index contributed by atoms with van der Waals surface area (Å²) >= 11 is 0. The smallest absolute Gasteiger partial charge is 0.254 e. The van der Waals surface area contributed by atoms with Gasteiger partial charge in [0.05, 0.1) is 12.6 Å². The monoisotopic (exact) mass is 480 g/mol. The van der Waals surface area contributed by atoms with Gasteiger partial charge in [0.2, 0.25) is 5.91 Å². The van der Waals surface area contributed by atoms with Crippen LogP contribution >= 0.6 is 0 Å². The number of amides is 2. The second-order valence-corrected chi connectivity index (χ2v) is 8.96. The zero-order valence-corrected chi connectivity index (χ0v) is 19.4. The van der Waals surface area contributed by atoms with Gasteiger partial charge in [0.15, 0.2) is 5.65 Å². The third-order valence-electron chi connectivity index (χ3n) is 6.02. The van der Waals surface area contributed by atoms with Crippen molar-refractivity contribution in [2.45, 2.75) is 31.8 Å². The summed E-state index contributed by atoms with van der Waals surface area (Å²) in [5.74, 6) is -0.0373. The number of nitrogens with one attached hydrogen (secondary N) is 4. The lowest BCUT2D eigenvalue weighted by atomic mass is 10.1. The molecule has 1 aliphatic heterocycles. The molecule has 1 aromatic carbocycles. The van der Waals surface area contributed by atoms with Gasteiger partial charge in [-0.2, -0.15) is 5.10 Å². The Balaban J connectivity index is 1.26. The lowest BCUT2D eigenvalue weighted by Gasteiger charge is -2.14. The molecule has 4 N–H and O–H groups in total. The molecule has 1 saturated carbocycles. The fraction of sp³-hybridized carbons (Fsp3) is 0.192. The van der Waals surface area contributed by atoms with Gasteiger partial charge in [0.1, 0.15) is 5.82 Å². The van der Waals surface area contributed by atoms with Crippen LogP contribution in [0.5, 0.6) is 0 Å². The number of pyridine rings is 1. The number of carbonyl (C=O) groups is 2. The minimum atomic E-state index is -0.375. The second kappa shape index (κ2) is 9.14. The highest BCUT2D eigenvalue weighted by Crippen LogP contribution is 2.30. The van der Waals surface area contributed by atoms with Crippen molar-refractivity contribution < 1.29 is 9.59 Å². The molecule has 2 fully saturated rings. The fourth-order valence-corrected chi connectivity index (χ4v) is 4.07. The topological polar surface area (TPSA) is 125 Å². The number of benzene rings is 1.